The van der Waals surface area contributed by atoms with E-state index in [1.807, 2.05) is 31.2 Å². The first-order valence-electron chi connectivity index (χ1n) is 8.84. The van der Waals surface area contributed by atoms with Gasteiger partial charge >= 0.3 is 6.03 Å². The maximum Gasteiger partial charge on any atom is 0.322 e. The number of aryl methyl sites for hydroxylation is 1. The fourth-order valence-corrected chi connectivity index (χ4v) is 3.27. The lowest BCUT2D eigenvalue weighted by Gasteiger charge is -2.22. The molecule has 0 bridgehead atoms. The lowest BCUT2D eigenvalue weighted by Crippen LogP contribution is -2.34. The quantitative estimate of drug-likeness (QED) is 0.738. The molecule has 4 rings (SSSR count). The first kappa shape index (κ1) is 17.2. The number of likely N-dealkylation sites (tertiary alicyclic amines) is 1. The van der Waals surface area contributed by atoms with Gasteiger partial charge in [-0.15, -0.1) is 0 Å². The Morgan fingerprint density at radius 2 is 2.07 bits per heavy atom. The molecule has 2 aromatic carbocycles. The van der Waals surface area contributed by atoms with E-state index in [0.29, 0.717) is 23.8 Å². The van der Waals surface area contributed by atoms with E-state index in [-0.39, 0.29) is 17.9 Å². The highest BCUT2D eigenvalue weighted by Gasteiger charge is 2.34. The van der Waals surface area contributed by atoms with Crippen LogP contribution in [-0.2, 0) is 0 Å². The van der Waals surface area contributed by atoms with Crippen LogP contribution in [0.2, 0.25) is 0 Å². The molecular weight excluding hydrogens is 347 g/mol. The molecule has 1 unspecified atom stereocenters. The summed E-state index contributed by atoms with van der Waals surface area (Å²) < 4.78 is 18.5. The molecule has 27 heavy (non-hydrogen) atoms. The zero-order valence-corrected chi connectivity index (χ0v) is 14.9. The second-order valence-electron chi connectivity index (χ2n) is 6.61. The molecule has 0 aliphatic carbocycles. The number of urea groups is 1. The van der Waals surface area contributed by atoms with Gasteiger partial charge < -0.3 is 14.7 Å². The Bertz CT molecular complexity index is 955. The standard InChI is InChI=1S/C20H19FN4O2/c1-13-4-2-5-16(12-13)22-20(26)25-11-3-6-17(25)19-23-18(24-27-19)14-7-9-15(21)10-8-14/h2,4-5,7-10,12,17H,3,6,11H2,1H3,(H,22,26). The first-order valence-corrected chi connectivity index (χ1v) is 8.84. The molecule has 2 heterocycles. The molecule has 1 aliphatic rings. The van der Waals surface area contributed by atoms with Crippen molar-refractivity contribution in [3.05, 3.63) is 65.8 Å². The first-order chi connectivity index (χ1) is 13.1. The molecule has 6 nitrogen and oxygen atoms in total. The second-order valence-corrected chi connectivity index (χ2v) is 6.61. The lowest BCUT2D eigenvalue weighted by atomic mass is 10.2. The van der Waals surface area contributed by atoms with Crippen molar-refractivity contribution in [2.24, 2.45) is 0 Å². The second kappa shape index (κ2) is 7.19. The molecule has 0 radical (unpaired) electrons. The van der Waals surface area contributed by atoms with Gasteiger partial charge in [0.15, 0.2) is 0 Å². The van der Waals surface area contributed by atoms with Crippen molar-refractivity contribution >= 4 is 11.7 Å². The molecule has 7 heteroatoms. The van der Waals surface area contributed by atoms with Gasteiger partial charge in [0.05, 0.1) is 0 Å². The van der Waals surface area contributed by atoms with Crippen LogP contribution >= 0.6 is 0 Å². The highest BCUT2D eigenvalue weighted by molar-refractivity contribution is 5.89. The van der Waals surface area contributed by atoms with Crippen molar-refractivity contribution in [3.63, 3.8) is 0 Å². The van der Waals surface area contributed by atoms with Crippen LogP contribution in [0.3, 0.4) is 0 Å². The highest BCUT2D eigenvalue weighted by Crippen LogP contribution is 2.32. The minimum Gasteiger partial charge on any atom is -0.337 e. The molecule has 2 amide bonds. The van der Waals surface area contributed by atoms with Crippen LogP contribution in [0, 0.1) is 12.7 Å². The van der Waals surface area contributed by atoms with Gasteiger partial charge in [-0.25, -0.2) is 9.18 Å². The molecule has 1 atom stereocenters. The van der Waals surface area contributed by atoms with Gasteiger partial charge in [-0.05, 0) is 61.7 Å². The number of amides is 2. The smallest absolute Gasteiger partial charge is 0.322 e. The summed E-state index contributed by atoms with van der Waals surface area (Å²) in [7, 11) is 0. The molecule has 0 saturated carbocycles. The zero-order valence-electron chi connectivity index (χ0n) is 14.9. The summed E-state index contributed by atoms with van der Waals surface area (Å²) in [6.07, 6.45) is 1.62. The third-order valence-electron chi connectivity index (χ3n) is 4.61. The summed E-state index contributed by atoms with van der Waals surface area (Å²) in [5.41, 5.74) is 2.50. The van der Waals surface area contributed by atoms with Crippen LogP contribution < -0.4 is 5.32 Å². The number of halogens is 1. The normalized spacial score (nSPS) is 16.5. The fraction of sp³-hybridized carbons (Fsp3) is 0.250. The summed E-state index contributed by atoms with van der Waals surface area (Å²) >= 11 is 0. The topological polar surface area (TPSA) is 71.3 Å². The maximum absolute atomic E-state index is 13.1. The van der Waals surface area contributed by atoms with Gasteiger partial charge in [-0.3, -0.25) is 0 Å². The van der Waals surface area contributed by atoms with Crippen LogP contribution in [-0.4, -0.2) is 27.6 Å². The molecule has 1 aromatic heterocycles. The van der Waals surface area contributed by atoms with Crippen molar-refractivity contribution < 1.29 is 13.7 Å². The van der Waals surface area contributed by atoms with Crippen LogP contribution in [0.1, 0.15) is 30.3 Å². The minimum absolute atomic E-state index is 0.190. The number of anilines is 1. The number of nitrogens with one attached hydrogen (secondary N) is 1. The lowest BCUT2D eigenvalue weighted by molar-refractivity contribution is 0.193. The van der Waals surface area contributed by atoms with Gasteiger partial charge in [-0.1, -0.05) is 17.3 Å². The molecule has 0 spiro atoms. The molecular formula is C20H19FN4O2. The Balaban J connectivity index is 1.51. The number of hydrogen-bond acceptors (Lipinski definition) is 4. The highest BCUT2D eigenvalue weighted by atomic mass is 19.1. The van der Waals surface area contributed by atoms with Crippen LogP contribution in [0.5, 0.6) is 0 Å². The number of benzene rings is 2. The predicted molar refractivity (Wildman–Crippen MR) is 98.6 cm³/mol. The van der Waals surface area contributed by atoms with E-state index in [1.54, 1.807) is 17.0 Å². The molecule has 3 aromatic rings. The summed E-state index contributed by atoms with van der Waals surface area (Å²) in [4.78, 5) is 18.8. The zero-order chi connectivity index (χ0) is 18.8. The summed E-state index contributed by atoms with van der Waals surface area (Å²) in [5.74, 6) is 0.458. The Hall–Kier alpha value is -3.22. The SMILES string of the molecule is Cc1cccc(NC(=O)N2CCCC2c2nc(-c3ccc(F)cc3)no2)c1. The minimum atomic E-state index is -0.322. The van der Waals surface area contributed by atoms with Crippen LogP contribution in [0.4, 0.5) is 14.9 Å². The Labute approximate surface area is 156 Å². The number of rotatable bonds is 3. The number of carbonyl (C=O) groups is 1. The van der Waals surface area contributed by atoms with E-state index < -0.39 is 0 Å². The monoisotopic (exact) mass is 366 g/mol. The molecule has 1 aliphatic heterocycles. The molecule has 1 fully saturated rings. The summed E-state index contributed by atoms with van der Waals surface area (Å²) in [5, 5.41) is 6.91. The Morgan fingerprint density at radius 3 is 2.85 bits per heavy atom. The van der Waals surface area contributed by atoms with Crippen molar-refractivity contribution in [1.82, 2.24) is 15.0 Å². The number of nitrogens with zero attached hydrogens (tertiary/aromatic N) is 3. The van der Waals surface area contributed by atoms with Gasteiger partial charge in [0.1, 0.15) is 11.9 Å². The average molecular weight is 366 g/mol. The third-order valence-corrected chi connectivity index (χ3v) is 4.61. The van der Waals surface area contributed by atoms with Crippen molar-refractivity contribution in [2.45, 2.75) is 25.8 Å². The molecule has 1 N–H and O–H groups in total. The largest absolute Gasteiger partial charge is 0.337 e. The number of aromatic nitrogens is 2. The van der Waals surface area contributed by atoms with Crippen molar-refractivity contribution in [2.75, 3.05) is 11.9 Å². The van der Waals surface area contributed by atoms with Gasteiger partial charge in [-0.2, -0.15) is 4.98 Å². The summed E-state index contributed by atoms with van der Waals surface area (Å²) in [6, 6.07) is 13.1. The van der Waals surface area contributed by atoms with E-state index in [0.717, 1.165) is 24.1 Å². The molecule has 1 saturated heterocycles. The van der Waals surface area contributed by atoms with Crippen molar-refractivity contribution in [3.8, 4) is 11.4 Å². The van der Waals surface area contributed by atoms with Gasteiger partial charge in [0, 0.05) is 17.8 Å². The third kappa shape index (κ3) is 3.67. The maximum atomic E-state index is 13.1. The van der Waals surface area contributed by atoms with Crippen LogP contribution in [0.15, 0.2) is 53.1 Å². The van der Waals surface area contributed by atoms with Crippen LogP contribution in [0.25, 0.3) is 11.4 Å². The van der Waals surface area contributed by atoms with E-state index in [1.165, 1.54) is 12.1 Å². The average Bonchev–Trinajstić information content (AvgIpc) is 3.31. The van der Waals surface area contributed by atoms with E-state index in [9.17, 15) is 9.18 Å². The molecule has 138 valence electrons. The number of hydrogen-bond donors (Lipinski definition) is 1. The predicted octanol–water partition coefficient (Wildman–Crippen LogP) is 4.55. The van der Waals surface area contributed by atoms with Gasteiger partial charge in [0.25, 0.3) is 0 Å². The van der Waals surface area contributed by atoms with E-state index >= 15 is 0 Å². The van der Waals surface area contributed by atoms with E-state index in [2.05, 4.69) is 15.5 Å². The van der Waals surface area contributed by atoms with Crippen molar-refractivity contribution in [1.29, 1.82) is 0 Å². The number of carbonyl (C=O) groups excluding carboxylic acids is 1. The fourth-order valence-electron chi connectivity index (χ4n) is 3.27. The Morgan fingerprint density at radius 1 is 1.26 bits per heavy atom. The Kier molecular flexibility index (Phi) is 4.58. The summed E-state index contributed by atoms with van der Waals surface area (Å²) in [6.45, 7) is 2.60. The van der Waals surface area contributed by atoms with Gasteiger partial charge in [0.2, 0.25) is 11.7 Å². The van der Waals surface area contributed by atoms with E-state index in [4.69, 9.17) is 4.52 Å².